The Morgan fingerprint density at radius 3 is 2.89 bits per heavy atom. The first-order valence-electron chi connectivity index (χ1n) is 5.91. The Labute approximate surface area is 112 Å². The third-order valence-electron chi connectivity index (χ3n) is 3.13. The van der Waals surface area contributed by atoms with Crippen molar-refractivity contribution in [2.45, 2.75) is 26.4 Å². The van der Waals surface area contributed by atoms with Crippen LogP contribution in [0.15, 0.2) is 30.5 Å². The van der Waals surface area contributed by atoms with Gasteiger partial charge in [0.1, 0.15) is 0 Å². The van der Waals surface area contributed by atoms with Crippen molar-refractivity contribution in [1.29, 1.82) is 0 Å². The zero-order chi connectivity index (χ0) is 13.1. The maximum absolute atomic E-state index is 6.16. The Hall–Kier alpha value is -1.36. The molecule has 0 saturated heterocycles. The SMILES string of the molecule is CCn1nccc1C(NN)c1cccc(Cl)c1C. The van der Waals surface area contributed by atoms with Crippen molar-refractivity contribution in [3.63, 3.8) is 0 Å². The molecule has 1 heterocycles. The van der Waals surface area contributed by atoms with Crippen LogP contribution in [-0.4, -0.2) is 9.78 Å². The minimum Gasteiger partial charge on any atom is -0.271 e. The summed E-state index contributed by atoms with van der Waals surface area (Å²) in [4.78, 5) is 0. The van der Waals surface area contributed by atoms with E-state index < -0.39 is 0 Å². The third kappa shape index (κ3) is 2.27. The summed E-state index contributed by atoms with van der Waals surface area (Å²) in [5, 5.41) is 5.01. The maximum Gasteiger partial charge on any atom is 0.0881 e. The Bertz CT molecular complexity index is 536. The molecule has 1 aromatic carbocycles. The first-order valence-corrected chi connectivity index (χ1v) is 6.29. The number of nitrogens with zero attached hydrogens (tertiary/aromatic N) is 2. The molecule has 0 spiro atoms. The summed E-state index contributed by atoms with van der Waals surface area (Å²) in [5.41, 5.74) is 5.98. The van der Waals surface area contributed by atoms with Gasteiger partial charge in [-0.25, -0.2) is 5.43 Å². The number of halogens is 1. The Kier molecular flexibility index (Phi) is 4.01. The van der Waals surface area contributed by atoms with E-state index in [1.807, 2.05) is 35.9 Å². The van der Waals surface area contributed by atoms with Gasteiger partial charge >= 0.3 is 0 Å². The summed E-state index contributed by atoms with van der Waals surface area (Å²) >= 11 is 6.16. The van der Waals surface area contributed by atoms with Crippen LogP contribution in [0.4, 0.5) is 0 Å². The van der Waals surface area contributed by atoms with Crippen molar-refractivity contribution >= 4 is 11.6 Å². The molecule has 0 bridgehead atoms. The highest BCUT2D eigenvalue weighted by Gasteiger charge is 2.19. The van der Waals surface area contributed by atoms with Gasteiger partial charge in [-0.3, -0.25) is 10.5 Å². The van der Waals surface area contributed by atoms with Crippen LogP contribution in [0.3, 0.4) is 0 Å². The molecule has 0 aliphatic heterocycles. The molecule has 3 N–H and O–H groups in total. The van der Waals surface area contributed by atoms with Crippen LogP contribution in [0.5, 0.6) is 0 Å². The molecule has 0 saturated carbocycles. The number of nitrogens with two attached hydrogens (primary N) is 1. The number of hydrogen-bond acceptors (Lipinski definition) is 3. The van der Waals surface area contributed by atoms with Crippen LogP contribution >= 0.6 is 11.6 Å². The molecule has 1 unspecified atom stereocenters. The van der Waals surface area contributed by atoms with Crippen LogP contribution in [0.25, 0.3) is 0 Å². The molecule has 4 nitrogen and oxygen atoms in total. The topological polar surface area (TPSA) is 55.9 Å². The second-order valence-corrected chi connectivity index (χ2v) is 4.53. The zero-order valence-corrected chi connectivity index (χ0v) is 11.3. The van der Waals surface area contributed by atoms with Crippen molar-refractivity contribution in [1.82, 2.24) is 15.2 Å². The molecule has 0 aliphatic carbocycles. The van der Waals surface area contributed by atoms with Crippen molar-refractivity contribution in [3.05, 3.63) is 52.3 Å². The van der Waals surface area contributed by atoms with E-state index in [-0.39, 0.29) is 6.04 Å². The Morgan fingerprint density at radius 2 is 2.22 bits per heavy atom. The summed E-state index contributed by atoms with van der Waals surface area (Å²) in [5.74, 6) is 5.70. The van der Waals surface area contributed by atoms with Gasteiger partial charge in [0.2, 0.25) is 0 Å². The molecule has 1 atom stereocenters. The van der Waals surface area contributed by atoms with E-state index in [2.05, 4.69) is 17.4 Å². The van der Waals surface area contributed by atoms with E-state index in [9.17, 15) is 0 Å². The van der Waals surface area contributed by atoms with Gasteiger partial charge < -0.3 is 0 Å². The van der Waals surface area contributed by atoms with E-state index in [1.54, 1.807) is 6.20 Å². The van der Waals surface area contributed by atoms with E-state index in [0.29, 0.717) is 0 Å². The molecular formula is C13H17ClN4. The Balaban J connectivity index is 2.49. The highest BCUT2D eigenvalue weighted by molar-refractivity contribution is 6.31. The van der Waals surface area contributed by atoms with Crippen LogP contribution in [-0.2, 0) is 6.54 Å². The van der Waals surface area contributed by atoms with E-state index in [4.69, 9.17) is 17.4 Å². The molecule has 96 valence electrons. The van der Waals surface area contributed by atoms with Crippen molar-refractivity contribution in [2.24, 2.45) is 5.84 Å². The lowest BCUT2D eigenvalue weighted by molar-refractivity contribution is 0.542. The van der Waals surface area contributed by atoms with Crippen molar-refractivity contribution < 1.29 is 0 Å². The number of benzene rings is 1. The minimum absolute atomic E-state index is 0.105. The molecule has 0 radical (unpaired) electrons. The highest BCUT2D eigenvalue weighted by atomic mass is 35.5. The second kappa shape index (κ2) is 5.52. The number of aryl methyl sites for hydroxylation is 1. The summed E-state index contributed by atoms with van der Waals surface area (Å²) in [6.07, 6.45) is 1.78. The number of hydrogen-bond donors (Lipinski definition) is 2. The molecule has 2 aromatic rings. The van der Waals surface area contributed by atoms with Crippen LogP contribution in [0.1, 0.15) is 29.8 Å². The number of hydrazine groups is 1. The zero-order valence-electron chi connectivity index (χ0n) is 10.5. The van der Waals surface area contributed by atoms with Gasteiger partial charge in [0.05, 0.1) is 11.7 Å². The predicted octanol–water partition coefficient (Wildman–Crippen LogP) is 2.42. The van der Waals surface area contributed by atoms with Gasteiger partial charge in [0.15, 0.2) is 0 Å². The molecule has 2 rings (SSSR count). The lowest BCUT2D eigenvalue weighted by atomic mass is 9.99. The van der Waals surface area contributed by atoms with Gasteiger partial charge in [-0.1, -0.05) is 23.7 Å². The maximum atomic E-state index is 6.16. The number of aromatic nitrogens is 2. The summed E-state index contributed by atoms with van der Waals surface area (Å²) in [6.45, 7) is 4.85. The van der Waals surface area contributed by atoms with Crippen LogP contribution in [0, 0.1) is 6.92 Å². The van der Waals surface area contributed by atoms with Crippen LogP contribution < -0.4 is 11.3 Å². The van der Waals surface area contributed by atoms with Crippen molar-refractivity contribution in [3.8, 4) is 0 Å². The van der Waals surface area contributed by atoms with Gasteiger partial charge in [-0.2, -0.15) is 5.10 Å². The quantitative estimate of drug-likeness (QED) is 0.659. The molecule has 5 heteroatoms. The second-order valence-electron chi connectivity index (χ2n) is 4.13. The number of rotatable bonds is 4. The fraction of sp³-hybridized carbons (Fsp3) is 0.308. The fourth-order valence-corrected chi connectivity index (χ4v) is 2.31. The minimum atomic E-state index is -0.105. The largest absolute Gasteiger partial charge is 0.271 e. The van der Waals surface area contributed by atoms with Gasteiger partial charge in [-0.05, 0) is 37.1 Å². The summed E-state index contributed by atoms with van der Waals surface area (Å²) in [7, 11) is 0. The monoisotopic (exact) mass is 264 g/mol. The third-order valence-corrected chi connectivity index (χ3v) is 3.54. The average Bonchev–Trinajstić information content (AvgIpc) is 2.83. The first kappa shape index (κ1) is 13.1. The smallest absolute Gasteiger partial charge is 0.0881 e. The normalized spacial score (nSPS) is 12.7. The predicted molar refractivity (Wildman–Crippen MR) is 73.3 cm³/mol. The molecular weight excluding hydrogens is 248 g/mol. The molecule has 0 aliphatic rings. The van der Waals surface area contributed by atoms with Crippen LogP contribution in [0.2, 0.25) is 5.02 Å². The van der Waals surface area contributed by atoms with E-state index in [0.717, 1.165) is 28.4 Å². The van der Waals surface area contributed by atoms with Crippen molar-refractivity contribution in [2.75, 3.05) is 0 Å². The molecule has 0 amide bonds. The molecule has 1 aromatic heterocycles. The summed E-state index contributed by atoms with van der Waals surface area (Å²) in [6, 6.07) is 7.70. The van der Waals surface area contributed by atoms with E-state index in [1.165, 1.54) is 0 Å². The fourth-order valence-electron chi connectivity index (χ4n) is 2.12. The highest BCUT2D eigenvalue weighted by Crippen LogP contribution is 2.28. The molecule has 0 fully saturated rings. The average molecular weight is 265 g/mol. The van der Waals surface area contributed by atoms with Gasteiger partial charge in [0, 0.05) is 17.8 Å². The molecule has 18 heavy (non-hydrogen) atoms. The van der Waals surface area contributed by atoms with Gasteiger partial charge in [-0.15, -0.1) is 0 Å². The van der Waals surface area contributed by atoms with Gasteiger partial charge in [0.25, 0.3) is 0 Å². The first-order chi connectivity index (χ1) is 8.69. The lowest BCUT2D eigenvalue weighted by Gasteiger charge is -2.20. The lowest BCUT2D eigenvalue weighted by Crippen LogP contribution is -2.31. The standard InChI is InChI=1S/C13H17ClN4/c1-3-18-12(7-8-16-18)13(17-15)10-5-4-6-11(14)9(10)2/h4-8,13,17H,3,15H2,1-2H3. The van der Waals surface area contributed by atoms with E-state index >= 15 is 0 Å². The summed E-state index contributed by atoms with van der Waals surface area (Å²) < 4.78 is 1.92. The number of nitrogens with one attached hydrogen (secondary N) is 1. The Morgan fingerprint density at radius 1 is 1.44 bits per heavy atom.